The first-order valence-electron chi connectivity index (χ1n) is 7.63. The highest BCUT2D eigenvalue weighted by molar-refractivity contribution is 5.96. The Hall–Kier alpha value is -3.89. The highest BCUT2D eigenvalue weighted by Gasteiger charge is 2.16. The summed E-state index contributed by atoms with van der Waals surface area (Å²) in [5, 5.41) is 5.07. The maximum absolute atomic E-state index is 11.6. The number of nitrogens with one attached hydrogen (secondary N) is 4. The fraction of sp³-hybridized carbons (Fsp3) is 0.188. The van der Waals surface area contributed by atoms with Crippen molar-refractivity contribution in [3.05, 3.63) is 68.9 Å². The van der Waals surface area contributed by atoms with Gasteiger partial charge < -0.3 is 25.1 Å². The Kier molecular flexibility index (Phi) is 6.47. The van der Waals surface area contributed by atoms with E-state index in [0.717, 1.165) is 12.2 Å². The summed E-state index contributed by atoms with van der Waals surface area (Å²) in [6.45, 7) is 3.08. The van der Waals surface area contributed by atoms with Crippen LogP contribution in [0.2, 0.25) is 0 Å². The average Bonchev–Trinajstić information content (AvgIpc) is 2.61. The molecule has 0 bridgehead atoms. The molecule has 1 aliphatic heterocycles. The summed E-state index contributed by atoms with van der Waals surface area (Å²) in [6, 6.07) is 0. The van der Waals surface area contributed by atoms with E-state index in [2.05, 4.69) is 22.2 Å². The Labute approximate surface area is 151 Å². The Bertz CT molecular complexity index is 939. The first kappa shape index (κ1) is 19.4. The molecule has 0 fully saturated rings. The van der Waals surface area contributed by atoms with E-state index in [1.54, 1.807) is 0 Å². The lowest BCUT2D eigenvalue weighted by Crippen LogP contribution is -2.36. The van der Waals surface area contributed by atoms with Gasteiger partial charge in [0.05, 0.1) is 12.2 Å². The molecule has 1 amide bonds. The molecule has 0 radical (unpaired) electrons. The van der Waals surface area contributed by atoms with E-state index in [9.17, 15) is 24.0 Å². The molecule has 1 aromatic heterocycles. The number of carbonyl (C=O) groups is 3. The maximum Gasteiger partial charge on any atom is 0.331 e. The summed E-state index contributed by atoms with van der Waals surface area (Å²) >= 11 is 0. The second-order valence-corrected chi connectivity index (χ2v) is 5.20. The van der Waals surface area contributed by atoms with Gasteiger partial charge in [-0.25, -0.2) is 14.4 Å². The zero-order valence-corrected chi connectivity index (χ0v) is 14.0. The van der Waals surface area contributed by atoms with Crippen LogP contribution in [0.1, 0.15) is 5.56 Å². The quantitative estimate of drug-likeness (QED) is 0.324. The molecule has 0 saturated heterocycles. The Morgan fingerprint density at radius 3 is 2.48 bits per heavy atom. The molecule has 0 spiro atoms. The number of hydrogen-bond donors (Lipinski definition) is 4. The number of aromatic amines is 2. The van der Waals surface area contributed by atoms with Gasteiger partial charge in [0.25, 0.3) is 11.5 Å². The molecule has 11 heteroatoms. The van der Waals surface area contributed by atoms with Gasteiger partial charge in [-0.3, -0.25) is 14.6 Å². The lowest BCUT2D eigenvalue weighted by molar-refractivity contribution is -0.140. The predicted molar refractivity (Wildman–Crippen MR) is 90.9 cm³/mol. The molecule has 0 saturated carbocycles. The van der Waals surface area contributed by atoms with Crippen LogP contribution in [0.3, 0.4) is 0 Å². The van der Waals surface area contributed by atoms with Crippen LogP contribution < -0.4 is 21.9 Å². The number of esters is 2. The van der Waals surface area contributed by atoms with Gasteiger partial charge in [-0.1, -0.05) is 6.58 Å². The summed E-state index contributed by atoms with van der Waals surface area (Å²) < 4.78 is 9.66. The summed E-state index contributed by atoms with van der Waals surface area (Å²) in [5.74, 6) is -1.81. The maximum atomic E-state index is 11.6. The molecule has 1 aromatic rings. The van der Waals surface area contributed by atoms with Crippen molar-refractivity contribution in [2.45, 2.75) is 6.42 Å². The second kappa shape index (κ2) is 8.99. The monoisotopic (exact) mass is 376 g/mol. The molecule has 27 heavy (non-hydrogen) atoms. The third kappa shape index (κ3) is 6.16. The summed E-state index contributed by atoms with van der Waals surface area (Å²) in [7, 11) is 0. The van der Waals surface area contributed by atoms with Gasteiger partial charge in [-0.15, -0.1) is 0 Å². The van der Waals surface area contributed by atoms with Crippen LogP contribution in [0.5, 0.6) is 0 Å². The van der Waals surface area contributed by atoms with Crippen molar-refractivity contribution >= 4 is 17.8 Å². The van der Waals surface area contributed by atoms with Crippen molar-refractivity contribution in [3.8, 4) is 0 Å². The molecule has 2 heterocycles. The van der Waals surface area contributed by atoms with Crippen molar-refractivity contribution in [2.24, 2.45) is 0 Å². The van der Waals surface area contributed by atoms with Gasteiger partial charge in [0.1, 0.15) is 12.4 Å². The van der Waals surface area contributed by atoms with E-state index in [1.807, 2.05) is 4.98 Å². The third-order valence-corrected chi connectivity index (χ3v) is 3.21. The van der Waals surface area contributed by atoms with Gasteiger partial charge in [0.15, 0.2) is 0 Å². The van der Waals surface area contributed by atoms with E-state index in [0.29, 0.717) is 5.82 Å². The molecule has 0 aromatic carbocycles. The van der Waals surface area contributed by atoms with Crippen molar-refractivity contribution in [1.82, 2.24) is 20.6 Å². The topological polar surface area (TPSA) is 159 Å². The molecule has 0 atom stereocenters. The zero-order valence-electron chi connectivity index (χ0n) is 14.0. The third-order valence-electron chi connectivity index (χ3n) is 3.21. The number of ether oxygens (including phenoxy) is 2. The summed E-state index contributed by atoms with van der Waals surface area (Å²) in [5.41, 5.74) is -0.795. The van der Waals surface area contributed by atoms with Crippen LogP contribution in [0, 0.1) is 0 Å². The van der Waals surface area contributed by atoms with Crippen LogP contribution in [0.15, 0.2) is 52.1 Å². The Balaban J connectivity index is 1.73. The number of aromatic nitrogens is 2. The predicted octanol–water partition coefficient (Wildman–Crippen LogP) is -1.68. The highest BCUT2D eigenvalue weighted by Crippen LogP contribution is 2.02. The van der Waals surface area contributed by atoms with Gasteiger partial charge in [0, 0.05) is 36.5 Å². The van der Waals surface area contributed by atoms with Gasteiger partial charge >= 0.3 is 17.6 Å². The summed E-state index contributed by atoms with van der Waals surface area (Å²) in [4.78, 5) is 61.3. The van der Waals surface area contributed by atoms with E-state index in [1.165, 1.54) is 12.4 Å². The number of H-pyrrole nitrogens is 2. The largest absolute Gasteiger partial charge is 0.462 e. The fourth-order valence-corrected chi connectivity index (χ4v) is 1.87. The molecule has 2 rings (SSSR count). The van der Waals surface area contributed by atoms with Gasteiger partial charge in [-0.2, -0.15) is 0 Å². The minimum Gasteiger partial charge on any atom is -0.462 e. The second-order valence-electron chi connectivity index (χ2n) is 5.20. The van der Waals surface area contributed by atoms with Crippen molar-refractivity contribution < 1.29 is 23.9 Å². The summed E-state index contributed by atoms with van der Waals surface area (Å²) in [6.07, 6.45) is 4.36. The number of hydrogen-bond acceptors (Lipinski definition) is 8. The molecule has 11 nitrogen and oxygen atoms in total. The molecule has 1 aliphatic rings. The highest BCUT2D eigenvalue weighted by atomic mass is 16.5. The molecular weight excluding hydrogens is 360 g/mol. The normalized spacial score (nSPS) is 13.6. The van der Waals surface area contributed by atoms with Crippen LogP contribution in [-0.2, 0) is 30.3 Å². The van der Waals surface area contributed by atoms with Crippen molar-refractivity contribution in [3.63, 3.8) is 0 Å². The van der Waals surface area contributed by atoms with Crippen molar-refractivity contribution in [1.29, 1.82) is 0 Å². The molecule has 142 valence electrons. The lowest BCUT2D eigenvalue weighted by atomic mass is 10.2. The standard InChI is InChI=1S/C16H16N4O7/c1-9-17-7-11(15(24)19-9)8-27-13(22)3-2-12(21)26-5-4-10-6-18-16(25)20-14(10)23/h2-3,6-7,17H,1,4-5,8H2,(H,19,24)(H2,18,20,23,25)/b3-2+. The van der Waals surface area contributed by atoms with Gasteiger partial charge in [0.2, 0.25) is 0 Å². The Morgan fingerprint density at radius 2 is 1.81 bits per heavy atom. The van der Waals surface area contributed by atoms with Crippen molar-refractivity contribution in [2.75, 3.05) is 13.2 Å². The average molecular weight is 376 g/mol. The smallest absolute Gasteiger partial charge is 0.331 e. The minimum absolute atomic E-state index is 0.0810. The first-order valence-corrected chi connectivity index (χ1v) is 7.63. The van der Waals surface area contributed by atoms with E-state index in [-0.39, 0.29) is 30.8 Å². The number of carbonyl (C=O) groups excluding carboxylic acids is 3. The minimum atomic E-state index is -0.845. The lowest BCUT2D eigenvalue weighted by Gasteiger charge is -2.16. The van der Waals surface area contributed by atoms with Crippen LogP contribution in [0.25, 0.3) is 0 Å². The Morgan fingerprint density at radius 1 is 1.11 bits per heavy atom. The molecule has 4 N–H and O–H groups in total. The SMILES string of the molecule is C=C1NC=C(COC(=O)/C=C/C(=O)OCCc2c[nH]c(=O)[nH]c2=O)C(=O)N1. The fourth-order valence-electron chi connectivity index (χ4n) is 1.87. The molecule has 0 unspecified atom stereocenters. The first-order chi connectivity index (χ1) is 12.8. The van der Waals surface area contributed by atoms with Crippen LogP contribution in [0.4, 0.5) is 0 Å². The van der Waals surface area contributed by atoms with E-state index < -0.39 is 29.1 Å². The van der Waals surface area contributed by atoms with E-state index in [4.69, 9.17) is 9.47 Å². The van der Waals surface area contributed by atoms with Gasteiger partial charge in [-0.05, 0) is 0 Å². The zero-order chi connectivity index (χ0) is 19.8. The molecule has 0 aliphatic carbocycles. The number of amides is 1. The van der Waals surface area contributed by atoms with E-state index >= 15 is 0 Å². The van der Waals surface area contributed by atoms with Crippen LogP contribution in [-0.4, -0.2) is 41.0 Å². The van der Waals surface area contributed by atoms with Crippen LogP contribution >= 0.6 is 0 Å². The molecular formula is C16H16N4O7. The number of rotatable bonds is 7.